The second kappa shape index (κ2) is 32.5. The van der Waals surface area contributed by atoms with Gasteiger partial charge in [0.25, 0.3) is 27.8 Å². The number of aryl methyl sites for hydroxylation is 4. The van der Waals surface area contributed by atoms with Crippen LogP contribution in [0.25, 0.3) is 10.9 Å². The van der Waals surface area contributed by atoms with Crippen LogP contribution in [0.15, 0.2) is 85.5 Å². The number of nitrogens with two attached hydrogens (primary N) is 1. The lowest BCUT2D eigenvalue weighted by Crippen LogP contribution is -2.44. The van der Waals surface area contributed by atoms with Crippen molar-refractivity contribution in [1.82, 2.24) is 33.1 Å². The van der Waals surface area contributed by atoms with Crippen molar-refractivity contribution in [2.24, 2.45) is 32.8 Å². The van der Waals surface area contributed by atoms with Gasteiger partial charge in [-0.15, -0.1) is 0 Å². The standard InChI is InChI=1S/C68H83N11O16S2/c1-41-27-53-59(97(90,91)92)34-46-33-57(42(2)28-51(46)66(87)79(53)37-41)95-23-10-13-61(83)72-60-40-76(5)63(73-60)56(82)30-43-29-54(74(3)38-43)65(86)71-48-35-55(75(4)39-48)67(88)77-20-16-44-31-47(14-15-52(44)77)70-64(85)45(11-7-8-19-69)32-50(81)18-24-94-26-25-93-22-9-12-49(80)17-21-78-62(84)36-58(96-6)68(78)89/h14-16,20,28-29,31,33,35,38-40,45,53,58-59H,1,7-13,17-19,21-27,30,32,34,36-37,69H2,2-6H3,(H,70,85)(H,71,86)(H,72,83)(H,90,91,92)/t45-,53+,58?,59?/m1/s1. The van der Waals surface area contributed by atoms with E-state index in [9.17, 15) is 60.9 Å². The highest BCUT2D eigenvalue weighted by Gasteiger charge is 2.46. The number of amides is 6. The van der Waals surface area contributed by atoms with Crippen LogP contribution in [0.3, 0.4) is 0 Å². The number of unbranched alkanes of at least 4 members (excludes halogenated alkanes) is 1. The molecule has 2 saturated heterocycles. The number of nitrogens with one attached hydrogen (secondary N) is 3. The average Bonchev–Trinajstić information content (AvgIpc) is 1.62. The number of ether oxygens (including phenoxy) is 3. The average molecular weight is 1370 g/mol. The zero-order chi connectivity index (χ0) is 69.8. The second-order valence-corrected chi connectivity index (χ2v) is 27.5. The predicted molar refractivity (Wildman–Crippen MR) is 362 cm³/mol. The SMILES string of the molecule is C=C1C[C@H]2C(S(=O)(=O)O)Cc3cc(OCCCC(=O)Nc4cn(C)c(C(=O)Cc5cc(C(=O)Nc6cc(C(=O)n7ccc8cc(NC(=O)[C@H](CCCCN)CC(=O)CCOCCOCCCC(=O)CCN9C(=O)CC(SC)C9=O)ccc87)n(C)c6)n(C)c5)n4)c(C)cc3C(=O)N2C1. The Morgan fingerprint density at radius 1 is 0.784 bits per heavy atom. The number of Topliss-reactive ketones (excluding diaryl/α,β-unsaturated/α-hetero) is 3. The minimum atomic E-state index is -4.52. The molecule has 29 heteroatoms. The van der Waals surface area contributed by atoms with E-state index >= 15 is 0 Å². The molecule has 3 aliphatic rings. The zero-order valence-corrected chi connectivity index (χ0v) is 56.7. The Balaban J connectivity index is 0.699. The first-order valence-electron chi connectivity index (χ1n) is 32.2. The van der Waals surface area contributed by atoms with Crippen molar-refractivity contribution < 1.29 is 75.1 Å². The van der Waals surface area contributed by atoms with Crippen molar-refractivity contribution in [3.05, 3.63) is 125 Å². The maximum Gasteiger partial charge on any atom is 0.279 e. The Bertz CT molecular complexity index is 4150. The maximum absolute atomic E-state index is 14.1. The van der Waals surface area contributed by atoms with Gasteiger partial charge >= 0.3 is 0 Å². The number of hydrogen-bond acceptors (Lipinski definition) is 18. The van der Waals surface area contributed by atoms with Crippen molar-refractivity contribution in [2.45, 2.75) is 113 Å². The fraction of sp³-hybridized carbons (Fsp3) is 0.456. The van der Waals surface area contributed by atoms with Crippen LogP contribution in [0, 0.1) is 12.8 Å². The number of thioether (sulfide) groups is 1. The molecule has 518 valence electrons. The van der Waals surface area contributed by atoms with E-state index in [0.29, 0.717) is 94.7 Å². The summed E-state index contributed by atoms with van der Waals surface area (Å²) in [6.45, 7) is 7.50. The molecule has 4 aromatic heterocycles. The van der Waals surface area contributed by atoms with Crippen molar-refractivity contribution in [3.8, 4) is 5.75 Å². The van der Waals surface area contributed by atoms with Gasteiger partial charge in [-0.2, -0.15) is 20.2 Å². The molecule has 97 heavy (non-hydrogen) atoms. The molecule has 2 aromatic carbocycles. The minimum absolute atomic E-state index is 0.00483. The monoisotopic (exact) mass is 1370 g/mol. The van der Waals surface area contributed by atoms with Gasteiger partial charge in [-0.1, -0.05) is 18.6 Å². The van der Waals surface area contributed by atoms with E-state index in [1.807, 2.05) is 0 Å². The number of nitrogens with zero attached hydrogens (tertiary/aromatic N) is 7. The summed E-state index contributed by atoms with van der Waals surface area (Å²) in [4.78, 5) is 139. The molecule has 6 aromatic rings. The number of rotatable bonds is 35. The number of ketones is 3. The smallest absolute Gasteiger partial charge is 0.279 e. The largest absolute Gasteiger partial charge is 0.493 e. The lowest BCUT2D eigenvalue weighted by Gasteiger charge is -2.26. The molecular weight excluding hydrogens is 1290 g/mol. The van der Waals surface area contributed by atoms with Crippen LogP contribution in [0.5, 0.6) is 5.75 Å². The van der Waals surface area contributed by atoms with Gasteiger partial charge in [0.15, 0.2) is 11.6 Å². The number of carbonyl (C=O) groups excluding carboxylic acids is 10. The van der Waals surface area contributed by atoms with Crippen molar-refractivity contribution in [2.75, 3.05) is 74.9 Å². The Morgan fingerprint density at radius 2 is 1.54 bits per heavy atom. The Morgan fingerprint density at radius 3 is 2.28 bits per heavy atom. The van der Waals surface area contributed by atoms with E-state index < -0.39 is 39.1 Å². The highest BCUT2D eigenvalue weighted by atomic mass is 32.2. The molecule has 6 N–H and O–H groups in total. The summed E-state index contributed by atoms with van der Waals surface area (Å²) >= 11 is 1.33. The minimum Gasteiger partial charge on any atom is -0.493 e. The van der Waals surface area contributed by atoms with Crippen LogP contribution in [-0.4, -0.2) is 180 Å². The first-order chi connectivity index (χ1) is 46.3. The third kappa shape index (κ3) is 18.2. The molecule has 2 fully saturated rings. The lowest BCUT2D eigenvalue weighted by atomic mass is 9.94. The molecule has 3 aliphatic heterocycles. The number of aromatic nitrogens is 5. The molecular formula is C68H83N11O16S2. The van der Waals surface area contributed by atoms with E-state index in [0.717, 1.165) is 0 Å². The number of imidazole rings is 1. The topological polar surface area (TPSA) is 354 Å². The van der Waals surface area contributed by atoms with E-state index in [1.165, 1.54) is 36.9 Å². The van der Waals surface area contributed by atoms with Gasteiger partial charge in [0.1, 0.15) is 34.0 Å². The molecule has 0 radical (unpaired) electrons. The van der Waals surface area contributed by atoms with Gasteiger partial charge in [-0.3, -0.25) is 62.0 Å². The fourth-order valence-electron chi connectivity index (χ4n) is 12.4. The molecule has 27 nitrogen and oxygen atoms in total. The fourth-order valence-corrected chi connectivity index (χ4v) is 14.1. The lowest BCUT2D eigenvalue weighted by molar-refractivity contribution is -0.138. The molecule has 9 rings (SSSR count). The number of anilines is 3. The molecule has 0 spiro atoms. The van der Waals surface area contributed by atoms with Gasteiger partial charge in [-0.25, -0.2) is 4.98 Å². The number of carbonyl (C=O) groups is 10. The van der Waals surface area contributed by atoms with Gasteiger partial charge in [-0.05, 0) is 123 Å². The Labute approximate surface area is 565 Å². The second-order valence-electron chi connectivity index (χ2n) is 24.8. The summed E-state index contributed by atoms with van der Waals surface area (Å²) in [6, 6.07) is 12.5. The number of hydrogen-bond donors (Lipinski definition) is 5. The number of benzene rings is 2. The summed E-state index contributed by atoms with van der Waals surface area (Å²) in [5.74, 6) is -3.00. The third-order valence-electron chi connectivity index (χ3n) is 17.5. The predicted octanol–water partition coefficient (Wildman–Crippen LogP) is 6.40. The normalized spacial score (nSPS) is 16.5. The molecule has 0 bridgehead atoms. The van der Waals surface area contributed by atoms with Gasteiger partial charge in [0.05, 0.1) is 48.9 Å². The number of imide groups is 1. The molecule has 7 heterocycles. The number of likely N-dealkylation sites (tertiary alicyclic amines) is 1. The maximum atomic E-state index is 14.1. The summed E-state index contributed by atoms with van der Waals surface area (Å²) < 4.78 is 58.5. The van der Waals surface area contributed by atoms with Gasteiger partial charge in [0, 0.05) is 133 Å². The highest BCUT2D eigenvalue weighted by molar-refractivity contribution is 8.00. The Hall–Kier alpha value is -8.87. The van der Waals surface area contributed by atoms with Crippen LogP contribution in [0.4, 0.5) is 17.2 Å². The van der Waals surface area contributed by atoms with Crippen molar-refractivity contribution in [3.63, 3.8) is 0 Å². The van der Waals surface area contributed by atoms with Crippen molar-refractivity contribution >= 4 is 109 Å². The molecule has 0 aliphatic carbocycles. The first-order valence-corrected chi connectivity index (χ1v) is 35.0. The van der Waals surface area contributed by atoms with Crippen LogP contribution >= 0.6 is 11.8 Å². The third-order valence-corrected chi connectivity index (χ3v) is 19.7. The quantitative estimate of drug-likeness (QED) is 0.00944. The summed E-state index contributed by atoms with van der Waals surface area (Å²) in [7, 11) is 0.430. The van der Waals surface area contributed by atoms with Crippen LogP contribution < -0.4 is 26.4 Å². The van der Waals surface area contributed by atoms with Crippen LogP contribution in [0.2, 0.25) is 0 Å². The summed E-state index contributed by atoms with van der Waals surface area (Å²) in [6.07, 6.45) is 11.4. The molecule has 4 atom stereocenters. The van der Waals surface area contributed by atoms with Gasteiger partial charge < -0.3 is 54.5 Å². The van der Waals surface area contributed by atoms with Crippen LogP contribution in [-0.2, 0) is 82.3 Å². The Kier molecular flexibility index (Phi) is 24.2. The summed E-state index contributed by atoms with van der Waals surface area (Å²) in [5, 5.41) is 7.57. The van der Waals surface area contributed by atoms with Gasteiger partial charge in [0.2, 0.25) is 29.4 Å². The molecule has 6 amide bonds. The molecule has 2 unspecified atom stereocenters. The zero-order valence-electron chi connectivity index (χ0n) is 55.1. The van der Waals surface area contributed by atoms with Crippen molar-refractivity contribution in [1.29, 1.82) is 0 Å². The number of fused-ring (bicyclic) bond motifs is 3. The first kappa shape index (κ1) is 72.4. The van der Waals surface area contributed by atoms with E-state index in [2.05, 4.69) is 27.5 Å². The van der Waals surface area contributed by atoms with E-state index in [-0.39, 0.29) is 179 Å². The van der Waals surface area contributed by atoms with E-state index in [1.54, 1.807) is 111 Å². The van der Waals surface area contributed by atoms with E-state index in [4.69, 9.17) is 19.9 Å². The summed E-state index contributed by atoms with van der Waals surface area (Å²) in [5.41, 5.74) is 10.2. The molecule has 0 saturated carbocycles. The highest BCUT2D eigenvalue weighted by Crippen LogP contribution is 2.37. The van der Waals surface area contributed by atoms with Crippen LogP contribution in [0.1, 0.15) is 136 Å².